The fourth-order valence-electron chi connectivity index (χ4n) is 1.64. The van der Waals surface area contributed by atoms with E-state index in [9.17, 15) is 9.18 Å². The van der Waals surface area contributed by atoms with E-state index in [0.717, 1.165) is 3.77 Å². The third kappa shape index (κ3) is 5.18. The fraction of sp³-hybridized carbons (Fsp3) is 0.188. The number of amides is 1. The molecule has 0 aliphatic rings. The van der Waals surface area contributed by atoms with Crippen molar-refractivity contribution >= 4 is 34.6 Å². The first-order valence-electron chi connectivity index (χ1n) is 6.61. The van der Waals surface area contributed by atoms with Gasteiger partial charge in [-0.2, -0.15) is 0 Å². The number of likely N-dealkylation sites (N-methyl/N-ethyl adjacent to an activating group) is 1. The maximum absolute atomic E-state index is 12.7. The summed E-state index contributed by atoms with van der Waals surface area (Å²) in [5, 5.41) is 0. The van der Waals surface area contributed by atoms with Gasteiger partial charge >= 0.3 is 0 Å². The SMILES string of the molecule is CN(CCOc1ccc(F)cc1)C(=O)/C=C/c1ccc(I)o1. The van der Waals surface area contributed by atoms with E-state index in [0.29, 0.717) is 24.7 Å². The molecule has 0 spiro atoms. The third-order valence-electron chi connectivity index (χ3n) is 2.87. The Hall–Kier alpha value is -1.83. The summed E-state index contributed by atoms with van der Waals surface area (Å²) in [5.41, 5.74) is 0. The van der Waals surface area contributed by atoms with E-state index >= 15 is 0 Å². The summed E-state index contributed by atoms with van der Waals surface area (Å²) < 4.78 is 24.3. The molecule has 1 heterocycles. The van der Waals surface area contributed by atoms with Gasteiger partial charge in [-0.25, -0.2) is 4.39 Å². The van der Waals surface area contributed by atoms with Gasteiger partial charge in [-0.1, -0.05) is 0 Å². The van der Waals surface area contributed by atoms with Gasteiger partial charge in [-0.3, -0.25) is 4.79 Å². The molecule has 1 aromatic carbocycles. The van der Waals surface area contributed by atoms with Crippen LogP contribution in [0.4, 0.5) is 4.39 Å². The Labute approximate surface area is 141 Å². The van der Waals surface area contributed by atoms with Gasteiger partial charge in [0.15, 0.2) is 3.77 Å². The molecule has 0 saturated heterocycles. The molecule has 0 saturated carbocycles. The van der Waals surface area contributed by atoms with Crippen molar-refractivity contribution in [1.82, 2.24) is 4.90 Å². The van der Waals surface area contributed by atoms with E-state index in [4.69, 9.17) is 9.15 Å². The zero-order chi connectivity index (χ0) is 15.9. The van der Waals surface area contributed by atoms with Crippen LogP contribution in [0.1, 0.15) is 5.76 Å². The molecular formula is C16H15FINO3. The quantitative estimate of drug-likeness (QED) is 0.535. The summed E-state index contributed by atoms with van der Waals surface area (Å²) in [6, 6.07) is 9.38. The zero-order valence-electron chi connectivity index (χ0n) is 12.0. The van der Waals surface area contributed by atoms with E-state index in [1.165, 1.54) is 23.1 Å². The number of furan rings is 1. The monoisotopic (exact) mass is 415 g/mol. The van der Waals surface area contributed by atoms with Gasteiger partial charge < -0.3 is 14.1 Å². The second-order valence-corrected chi connectivity index (χ2v) is 5.60. The average Bonchev–Trinajstić information content (AvgIpc) is 2.92. The Balaban J connectivity index is 1.76. The van der Waals surface area contributed by atoms with Gasteiger partial charge in [0.25, 0.3) is 0 Å². The number of halogens is 2. The molecule has 6 heteroatoms. The fourth-order valence-corrected chi connectivity index (χ4v) is 2.07. The van der Waals surface area contributed by atoms with Gasteiger partial charge in [0.05, 0.1) is 6.54 Å². The molecule has 0 N–H and O–H groups in total. The molecule has 0 radical (unpaired) electrons. The van der Waals surface area contributed by atoms with E-state index in [1.807, 2.05) is 6.07 Å². The largest absolute Gasteiger partial charge is 0.492 e. The van der Waals surface area contributed by atoms with Crippen LogP contribution in [0.25, 0.3) is 6.08 Å². The van der Waals surface area contributed by atoms with E-state index in [2.05, 4.69) is 22.6 Å². The van der Waals surface area contributed by atoms with Crippen LogP contribution in [0, 0.1) is 9.58 Å². The van der Waals surface area contributed by atoms with Crippen molar-refractivity contribution in [3.05, 3.63) is 57.8 Å². The van der Waals surface area contributed by atoms with Crippen molar-refractivity contribution in [3.8, 4) is 5.75 Å². The third-order valence-corrected chi connectivity index (χ3v) is 3.45. The lowest BCUT2D eigenvalue weighted by molar-refractivity contribution is -0.125. The average molecular weight is 415 g/mol. The van der Waals surface area contributed by atoms with Crippen LogP contribution in [0.15, 0.2) is 46.9 Å². The predicted octanol–water partition coefficient (Wildman–Crippen LogP) is 3.57. The number of hydrogen-bond acceptors (Lipinski definition) is 3. The topological polar surface area (TPSA) is 42.7 Å². The summed E-state index contributed by atoms with van der Waals surface area (Å²) >= 11 is 2.06. The number of carbonyl (C=O) groups is 1. The molecule has 0 aliphatic carbocycles. The van der Waals surface area contributed by atoms with Gasteiger partial charge in [0.2, 0.25) is 5.91 Å². The molecule has 0 aliphatic heterocycles. The van der Waals surface area contributed by atoms with Crippen molar-refractivity contribution in [3.63, 3.8) is 0 Å². The Morgan fingerprint density at radius 3 is 2.68 bits per heavy atom. The summed E-state index contributed by atoms with van der Waals surface area (Å²) in [5.74, 6) is 0.753. The normalized spacial score (nSPS) is 10.9. The minimum absolute atomic E-state index is 0.144. The van der Waals surface area contributed by atoms with Crippen molar-refractivity contribution < 1.29 is 18.3 Å². The van der Waals surface area contributed by atoms with Crippen molar-refractivity contribution in [2.45, 2.75) is 0 Å². The molecule has 0 fully saturated rings. The Bertz CT molecular complexity index is 652. The Morgan fingerprint density at radius 1 is 1.32 bits per heavy atom. The summed E-state index contributed by atoms with van der Waals surface area (Å²) in [7, 11) is 1.69. The number of hydrogen-bond donors (Lipinski definition) is 0. The van der Waals surface area contributed by atoms with Gasteiger partial charge in [0.1, 0.15) is 23.9 Å². The van der Waals surface area contributed by atoms with Crippen LogP contribution < -0.4 is 4.74 Å². The minimum Gasteiger partial charge on any atom is -0.492 e. The highest BCUT2D eigenvalue weighted by molar-refractivity contribution is 14.1. The molecule has 0 atom stereocenters. The van der Waals surface area contributed by atoms with Crippen LogP contribution in [0.2, 0.25) is 0 Å². The first kappa shape index (κ1) is 16.5. The van der Waals surface area contributed by atoms with Crippen molar-refractivity contribution in [2.75, 3.05) is 20.2 Å². The summed E-state index contributed by atoms with van der Waals surface area (Å²) in [6.07, 6.45) is 3.08. The number of carbonyl (C=O) groups excluding carboxylic acids is 1. The standard InChI is InChI=1S/C16H15FINO3/c1-19(10-11-21-13-4-2-12(17)3-5-13)16(20)9-7-14-6-8-15(18)22-14/h2-9H,10-11H2,1H3/b9-7+. The highest BCUT2D eigenvalue weighted by atomic mass is 127. The number of benzene rings is 1. The smallest absolute Gasteiger partial charge is 0.246 e. The zero-order valence-corrected chi connectivity index (χ0v) is 14.1. The lowest BCUT2D eigenvalue weighted by Gasteiger charge is -2.15. The number of ether oxygens (including phenoxy) is 1. The molecule has 116 valence electrons. The maximum Gasteiger partial charge on any atom is 0.246 e. The van der Waals surface area contributed by atoms with E-state index < -0.39 is 0 Å². The molecule has 2 rings (SSSR count). The second kappa shape index (κ2) is 7.98. The molecule has 0 unspecified atom stereocenters. The molecule has 0 bridgehead atoms. The lowest BCUT2D eigenvalue weighted by atomic mass is 10.3. The molecule has 1 aromatic heterocycles. The van der Waals surface area contributed by atoms with Crippen LogP contribution in [-0.4, -0.2) is 31.0 Å². The Morgan fingerprint density at radius 2 is 2.05 bits per heavy atom. The van der Waals surface area contributed by atoms with Crippen molar-refractivity contribution in [2.24, 2.45) is 0 Å². The van der Waals surface area contributed by atoms with Gasteiger partial charge in [0, 0.05) is 13.1 Å². The number of rotatable bonds is 6. The highest BCUT2D eigenvalue weighted by Crippen LogP contribution is 2.12. The van der Waals surface area contributed by atoms with Crippen LogP contribution >= 0.6 is 22.6 Å². The second-order valence-electron chi connectivity index (χ2n) is 4.54. The minimum atomic E-state index is -0.308. The van der Waals surface area contributed by atoms with Crippen LogP contribution in [-0.2, 0) is 4.79 Å². The van der Waals surface area contributed by atoms with E-state index in [1.54, 1.807) is 31.3 Å². The van der Waals surface area contributed by atoms with Gasteiger partial charge in [-0.15, -0.1) is 0 Å². The summed E-state index contributed by atoms with van der Waals surface area (Å²) in [6.45, 7) is 0.761. The first-order chi connectivity index (χ1) is 10.5. The van der Waals surface area contributed by atoms with Gasteiger partial charge in [-0.05, 0) is 65.1 Å². The van der Waals surface area contributed by atoms with Crippen LogP contribution in [0.5, 0.6) is 5.75 Å². The Kier molecular flexibility index (Phi) is 6.00. The number of nitrogens with zero attached hydrogens (tertiary/aromatic N) is 1. The first-order valence-corrected chi connectivity index (χ1v) is 7.69. The summed E-state index contributed by atoms with van der Waals surface area (Å²) in [4.78, 5) is 13.4. The van der Waals surface area contributed by atoms with Crippen molar-refractivity contribution in [1.29, 1.82) is 0 Å². The maximum atomic E-state index is 12.7. The molecule has 1 amide bonds. The van der Waals surface area contributed by atoms with E-state index in [-0.39, 0.29) is 11.7 Å². The van der Waals surface area contributed by atoms with Crippen LogP contribution in [0.3, 0.4) is 0 Å². The predicted molar refractivity (Wildman–Crippen MR) is 90.0 cm³/mol. The molecule has 22 heavy (non-hydrogen) atoms. The lowest BCUT2D eigenvalue weighted by Crippen LogP contribution is -2.29. The molecule has 2 aromatic rings. The molecule has 4 nitrogen and oxygen atoms in total. The molecular weight excluding hydrogens is 400 g/mol. The highest BCUT2D eigenvalue weighted by Gasteiger charge is 2.05.